The molecule has 16 heavy (non-hydrogen) atoms. The van der Waals surface area contributed by atoms with Crippen LogP contribution in [0.4, 0.5) is 0 Å². The Kier molecular flexibility index (Phi) is 3.70. The van der Waals surface area contributed by atoms with Crippen LogP contribution in [0.5, 0.6) is 0 Å². The molecule has 0 aliphatic heterocycles. The molecule has 0 spiro atoms. The lowest BCUT2D eigenvalue weighted by atomic mass is 10.2. The van der Waals surface area contributed by atoms with Crippen molar-refractivity contribution in [3.8, 4) is 0 Å². The maximum absolute atomic E-state index is 11.2. The summed E-state index contributed by atoms with van der Waals surface area (Å²) in [7, 11) is 1.74. The molecular weight excluding hydrogens is 224 g/mol. The summed E-state index contributed by atoms with van der Waals surface area (Å²) in [5.74, 6) is 1.81. The molecule has 0 saturated heterocycles. The van der Waals surface area contributed by atoms with Gasteiger partial charge < -0.3 is 5.32 Å². The van der Waals surface area contributed by atoms with Gasteiger partial charge in [-0.05, 0) is 25.3 Å². The van der Waals surface area contributed by atoms with E-state index in [1.165, 1.54) is 12.8 Å². The van der Waals surface area contributed by atoms with Crippen molar-refractivity contribution in [1.82, 2.24) is 20.1 Å². The second-order valence-electron chi connectivity index (χ2n) is 4.18. The third-order valence-corrected chi connectivity index (χ3v) is 4.04. The molecule has 90 valence electrons. The van der Waals surface area contributed by atoms with Gasteiger partial charge in [0.15, 0.2) is 5.16 Å². The fraction of sp³-hybridized carbons (Fsp3) is 0.800. The third kappa shape index (κ3) is 2.68. The van der Waals surface area contributed by atoms with Crippen LogP contribution in [0.2, 0.25) is 0 Å². The molecule has 1 heterocycles. The maximum atomic E-state index is 11.2. The van der Waals surface area contributed by atoms with E-state index in [1.54, 1.807) is 23.4 Å². The van der Waals surface area contributed by atoms with Crippen LogP contribution in [0, 0.1) is 5.92 Å². The summed E-state index contributed by atoms with van der Waals surface area (Å²) in [6.45, 7) is 3.13. The fourth-order valence-electron chi connectivity index (χ4n) is 1.75. The fourth-order valence-corrected chi connectivity index (χ4v) is 2.85. The number of nitrogens with zero attached hydrogens (tertiary/aromatic N) is 2. The van der Waals surface area contributed by atoms with Crippen LogP contribution in [0.3, 0.4) is 0 Å². The molecule has 6 heteroatoms. The molecule has 1 aromatic heterocycles. The van der Waals surface area contributed by atoms with Crippen molar-refractivity contribution in [2.45, 2.75) is 31.0 Å². The summed E-state index contributed by atoms with van der Waals surface area (Å²) in [4.78, 5) is 11.2. The van der Waals surface area contributed by atoms with Crippen LogP contribution in [0.25, 0.3) is 0 Å². The Morgan fingerprint density at radius 1 is 1.69 bits per heavy atom. The van der Waals surface area contributed by atoms with E-state index < -0.39 is 0 Å². The lowest BCUT2D eigenvalue weighted by molar-refractivity contribution is 0.519. The van der Waals surface area contributed by atoms with E-state index in [1.807, 2.05) is 0 Å². The zero-order chi connectivity index (χ0) is 11.5. The van der Waals surface area contributed by atoms with Gasteiger partial charge in [-0.3, -0.25) is 4.57 Å². The zero-order valence-electron chi connectivity index (χ0n) is 9.69. The quantitative estimate of drug-likeness (QED) is 0.717. The Hall–Kier alpha value is -0.750. The Morgan fingerprint density at radius 3 is 2.94 bits per heavy atom. The van der Waals surface area contributed by atoms with E-state index in [0.717, 1.165) is 23.4 Å². The monoisotopic (exact) mass is 242 g/mol. The second kappa shape index (κ2) is 5.05. The van der Waals surface area contributed by atoms with Crippen LogP contribution in [-0.2, 0) is 7.05 Å². The van der Waals surface area contributed by atoms with Crippen molar-refractivity contribution in [3.63, 3.8) is 0 Å². The molecule has 0 bridgehead atoms. The molecule has 0 amide bonds. The highest BCUT2D eigenvalue weighted by molar-refractivity contribution is 7.99. The van der Waals surface area contributed by atoms with Crippen LogP contribution < -0.4 is 11.0 Å². The molecule has 0 aromatic carbocycles. The van der Waals surface area contributed by atoms with Gasteiger partial charge in [-0.15, -0.1) is 5.10 Å². The van der Waals surface area contributed by atoms with Crippen molar-refractivity contribution in [3.05, 3.63) is 10.5 Å². The normalized spacial score (nSPS) is 17.6. The number of thioether (sulfide) groups is 1. The third-order valence-electron chi connectivity index (χ3n) is 2.89. The number of hydrogen-bond donors (Lipinski definition) is 2. The van der Waals surface area contributed by atoms with Gasteiger partial charge in [0.2, 0.25) is 0 Å². The van der Waals surface area contributed by atoms with E-state index in [2.05, 4.69) is 22.4 Å². The summed E-state index contributed by atoms with van der Waals surface area (Å²) < 4.78 is 1.56. The molecule has 5 nitrogen and oxygen atoms in total. The van der Waals surface area contributed by atoms with Crippen LogP contribution in [-0.4, -0.2) is 33.1 Å². The summed E-state index contributed by atoms with van der Waals surface area (Å²) in [5, 5.41) is 10.7. The SMILES string of the molecule is CCNC(CSc1n[nH]c(=O)n1C)C1CC1. The minimum Gasteiger partial charge on any atom is -0.313 e. The highest BCUT2D eigenvalue weighted by Gasteiger charge is 2.30. The van der Waals surface area contributed by atoms with E-state index in [0.29, 0.717) is 6.04 Å². The predicted octanol–water partition coefficient (Wildman–Crippen LogP) is 0.589. The van der Waals surface area contributed by atoms with Crippen molar-refractivity contribution in [2.75, 3.05) is 12.3 Å². The van der Waals surface area contributed by atoms with Gasteiger partial charge in [0, 0.05) is 18.8 Å². The number of H-pyrrole nitrogens is 1. The van der Waals surface area contributed by atoms with Gasteiger partial charge in [-0.2, -0.15) is 0 Å². The molecule has 2 rings (SSSR count). The minimum absolute atomic E-state index is 0.145. The highest BCUT2D eigenvalue weighted by Crippen LogP contribution is 2.34. The molecule has 1 saturated carbocycles. The molecular formula is C10H18N4OS. The van der Waals surface area contributed by atoms with E-state index in [-0.39, 0.29) is 5.69 Å². The van der Waals surface area contributed by atoms with Crippen molar-refractivity contribution < 1.29 is 0 Å². The van der Waals surface area contributed by atoms with Gasteiger partial charge in [0.25, 0.3) is 0 Å². The van der Waals surface area contributed by atoms with Crippen LogP contribution >= 0.6 is 11.8 Å². The second-order valence-corrected chi connectivity index (χ2v) is 5.17. The van der Waals surface area contributed by atoms with Crippen molar-refractivity contribution in [1.29, 1.82) is 0 Å². The lowest BCUT2D eigenvalue weighted by Crippen LogP contribution is -2.33. The number of aromatic nitrogens is 3. The van der Waals surface area contributed by atoms with Crippen molar-refractivity contribution >= 4 is 11.8 Å². The summed E-state index contributed by atoms with van der Waals surface area (Å²) in [6, 6.07) is 0.557. The Labute approximate surface area is 99.0 Å². The van der Waals surface area contributed by atoms with E-state index >= 15 is 0 Å². The van der Waals surface area contributed by atoms with Crippen molar-refractivity contribution in [2.24, 2.45) is 13.0 Å². The first-order valence-electron chi connectivity index (χ1n) is 5.70. The molecule has 0 radical (unpaired) electrons. The van der Waals surface area contributed by atoms with Gasteiger partial charge in [0.1, 0.15) is 0 Å². The molecule has 1 aliphatic carbocycles. The summed E-state index contributed by atoms with van der Waals surface area (Å²) in [5.41, 5.74) is -0.145. The van der Waals surface area contributed by atoms with E-state index in [4.69, 9.17) is 0 Å². The standard InChI is InChI=1S/C10H18N4OS/c1-3-11-8(7-4-5-7)6-16-10-13-12-9(15)14(10)2/h7-8,11H,3-6H2,1-2H3,(H,12,15). The van der Waals surface area contributed by atoms with Crippen LogP contribution in [0.1, 0.15) is 19.8 Å². The highest BCUT2D eigenvalue weighted by atomic mass is 32.2. The molecule has 1 aliphatic rings. The number of hydrogen-bond acceptors (Lipinski definition) is 4. The average Bonchev–Trinajstić information content (AvgIpc) is 3.05. The first-order valence-corrected chi connectivity index (χ1v) is 6.68. The Morgan fingerprint density at radius 2 is 2.44 bits per heavy atom. The van der Waals surface area contributed by atoms with E-state index in [9.17, 15) is 4.79 Å². The zero-order valence-corrected chi connectivity index (χ0v) is 10.5. The molecule has 1 unspecified atom stereocenters. The van der Waals surface area contributed by atoms with Gasteiger partial charge in [0.05, 0.1) is 0 Å². The average molecular weight is 242 g/mol. The number of rotatable bonds is 6. The smallest absolute Gasteiger partial charge is 0.313 e. The molecule has 1 aromatic rings. The van der Waals surface area contributed by atoms with Crippen LogP contribution in [0.15, 0.2) is 9.95 Å². The van der Waals surface area contributed by atoms with Gasteiger partial charge in [-0.1, -0.05) is 18.7 Å². The predicted molar refractivity (Wildman–Crippen MR) is 64.7 cm³/mol. The lowest BCUT2D eigenvalue weighted by Gasteiger charge is -2.15. The van der Waals surface area contributed by atoms with Gasteiger partial charge >= 0.3 is 5.69 Å². The topological polar surface area (TPSA) is 62.7 Å². The summed E-state index contributed by atoms with van der Waals surface area (Å²) in [6.07, 6.45) is 2.66. The first-order chi connectivity index (χ1) is 7.72. The summed E-state index contributed by atoms with van der Waals surface area (Å²) >= 11 is 1.64. The molecule has 2 N–H and O–H groups in total. The molecule has 1 atom stereocenters. The minimum atomic E-state index is -0.145. The molecule has 1 fully saturated rings. The number of nitrogens with one attached hydrogen (secondary N) is 2. The van der Waals surface area contributed by atoms with Gasteiger partial charge in [-0.25, -0.2) is 9.89 Å². The largest absolute Gasteiger partial charge is 0.343 e. The Bertz CT molecular complexity index is 396. The number of aromatic amines is 1. The Balaban J connectivity index is 1.89. The first kappa shape index (κ1) is 11.7. The maximum Gasteiger partial charge on any atom is 0.343 e.